The molecule has 0 atom stereocenters. The molecule has 0 heterocycles. The van der Waals surface area contributed by atoms with Crippen LogP contribution in [0.3, 0.4) is 0 Å². The molecular weight excluding hydrogens is 222 g/mol. The highest BCUT2D eigenvalue weighted by Crippen LogP contribution is 2.29. The van der Waals surface area contributed by atoms with Crippen LogP contribution in [0.15, 0.2) is 0 Å². The van der Waals surface area contributed by atoms with E-state index < -0.39 is 5.54 Å². The van der Waals surface area contributed by atoms with Gasteiger partial charge in [0, 0.05) is 6.61 Å². The van der Waals surface area contributed by atoms with Crippen LogP contribution in [0.5, 0.6) is 0 Å². The van der Waals surface area contributed by atoms with Crippen molar-refractivity contribution in [3.8, 4) is 0 Å². The van der Waals surface area contributed by atoms with E-state index in [1.54, 1.807) is 0 Å². The van der Waals surface area contributed by atoms with Gasteiger partial charge in [-0.25, -0.2) is 4.79 Å². The average Bonchev–Trinajstić information content (AvgIpc) is 2.36. The second-order valence-corrected chi connectivity index (χ2v) is 4.32. The third kappa shape index (κ3) is 3.70. The minimum Gasteiger partial charge on any atom is -0.467 e. The number of methoxy groups -OCH3 is 1. The third-order valence-electron chi connectivity index (χ3n) is 3.10. The van der Waals surface area contributed by atoms with Crippen LogP contribution in [0.2, 0.25) is 0 Å². The van der Waals surface area contributed by atoms with E-state index in [4.69, 9.17) is 9.47 Å². The summed E-state index contributed by atoms with van der Waals surface area (Å²) < 4.78 is 9.83. The van der Waals surface area contributed by atoms with Gasteiger partial charge in [0.15, 0.2) is 0 Å². The van der Waals surface area contributed by atoms with Crippen LogP contribution >= 0.6 is 0 Å². The van der Waals surface area contributed by atoms with Gasteiger partial charge in [-0.15, -0.1) is 0 Å². The van der Waals surface area contributed by atoms with Gasteiger partial charge in [-0.1, -0.05) is 19.3 Å². The normalized spacial score (nSPS) is 18.5. The van der Waals surface area contributed by atoms with Crippen molar-refractivity contribution in [3.63, 3.8) is 0 Å². The van der Waals surface area contributed by atoms with Gasteiger partial charge in [-0.3, -0.25) is 4.79 Å². The zero-order valence-corrected chi connectivity index (χ0v) is 10.6. The summed E-state index contributed by atoms with van der Waals surface area (Å²) in [5, 5.41) is 2.78. The fraction of sp³-hybridized carbons (Fsp3) is 0.833. The van der Waals surface area contributed by atoms with E-state index in [9.17, 15) is 9.59 Å². The molecular formula is C12H21NO4. The molecule has 1 N–H and O–H groups in total. The van der Waals surface area contributed by atoms with Gasteiger partial charge in [0.25, 0.3) is 0 Å². The first-order chi connectivity index (χ1) is 8.14. The molecule has 1 amide bonds. The second kappa shape index (κ2) is 6.59. The quantitative estimate of drug-likeness (QED) is 0.732. The molecule has 0 aromatic rings. The van der Waals surface area contributed by atoms with Crippen LogP contribution in [-0.2, 0) is 19.1 Å². The summed E-state index contributed by atoms with van der Waals surface area (Å²) in [6.07, 6.45) is 4.27. The molecule has 0 aliphatic heterocycles. The Bertz CT molecular complexity index is 272. The summed E-state index contributed by atoms with van der Waals surface area (Å²) in [4.78, 5) is 23.5. The number of rotatable bonds is 5. The lowest BCUT2D eigenvalue weighted by molar-refractivity contribution is -0.153. The standard InChI is InChI=1S/C12H21NO4/c1-3-17-9-10(14)13-12(11(15)16-2)7-5-4-6-8-12/h3-9H2,1-2H3,(H,13,14). The van der Waals surface area contributed by atoms with E-state index in [1.165, 1.54) is 7.11 Å². The zero-order valence-electron chi connectivity index (χ0n) is 10.6. The van der Waals surface area contributed by atoms with Gasteiger partial charge in [-0.2, -0.15) is 0 Å². The fourth-order valence-corrected chi connectivity index (χ4v) is 2.23. The van der Waals surface area contributed by atoms with Crippen molar-refractivity contribution in [1.82, 2.24) is 5.32 Å². The Balaban J connectivity index is 2.63. The lowest BCUT2D eigenvalue weighted by Crippen LogP contribution is -2.56. The monoisotopic (exact) mass is 243 g/mol. The van der Waals surface area contributed by atoms with Gasteiger partial charge < -0.3 is 14.8 Å². The molecule has 1 aliphatic carbocycles. The summed E-state index contributed by atoms with van der Waals surface area (Å²) in [6, 6.07) is 0. The van der Waals surface area contributed by atoms with Crippen molar-refractivity contribution in [2.75, 3.05) is 20.3 Å². The van der Waals surface area contributed by atoms with Crippen LogP contribution < -0.4 is 5.32 Å². The molecule has 1 fully saturated rings. The first kappa shape index (κ1) is 14.0. The minimum atomic E-state index is -0.832. The number of hydrogen-bond donors (Lipinski definition) is 1. The molecule has 0 saturated heterocycles. The molecule has 1 aliphatic rings. The van der Waals surface area contributed by atoms with E-state index in [0.29, 0.717) is 19.4 Å². The van der Waals surface area contributed by atoms with E-state index in [1.807, 2.05) is 6.92 Å². The Morgan fingerprint density at radius 2 is 1.88 bits per heavy atom. The van der Waals surface area contributed by atoms with E-state index in [2.05, 4.69) is 5.32 Å². The van der Waals surface area contributed by atoms with Crippen molar-refractivity contribution in [1.29, 1.82) is 0 Å². The summed E-state index contributed by atoms with van der Waals surface area (Å²) >= 11 is 0. The highest BCUT2D eigenvalue weighted by molar-refractivity contribution is 5.88. The largest absolute Gasteiger partial charge is 0.467 e. The third-order valence-corrected chi connectivity index (χ3v) is 3.10. The Kier molecular flexibility index (Phi) is 5.41. The summed E-state index contributed by atoms with van der Waals surface area (Å²) in [5.41, 5.74) is -0.832. The maximum atomic E-state index is 11.8. The predicted octanol–water partition coefficient (Wildman–Crippen LogP) is 1.01. The lowest BCUT2D eigenvalue weighted by atomic mass is 9.81. The summed E-state index contributed by atoms with van der Waals surface area (Å²) in [7, 11) is 1.35. The Hall–Kier alpha value is -1.10. The van der Waals surface area contributed by atoms with Crippen molar-refractivity contribution in [3.05, 3.63) is 0 Å². The van der Waals surface area contributed by atoms with E-state index in [0.717, 1.165) is 19.3 Å². The lowest BCUT2D eigenvalue weighted by Gasteiger charge is -2.35. The minimum absolute atomic E-state index is 0.00472. The maximum absolute atomic E-state index is 11.8. The molecule has 1 rings (SSSR count). The first-order valence-corrected chi connectivity index (χ1v) is 6.12. The van der Waals surface area contributed by atoms with Crippen LogP contribution in [0, 0.1) is 0 Å². The smallest absolute Gasteiger partial charge is 0.331 e. The number of esters is 1. The van der Waals surface area contributed by atoms with Gasteiger partial charge >= 0.3 is 5.97 Å². The van der Waals surface area contributed by atoms with E-state index in [-0.39, 0.29) is 18.5 Å². The van der Waals surface area contributed by atoms with Crippen LogP contribution in [0.1, 0.15) is 39.0 Å². The van der Waals surface area contributed by atoms with Crippen molar-refractivity contribution in [2.24, 2.45) is 0 Å². The maximum Gasteiger partial charge on any atom is 0.331 e. The first-order valence-electron chi connectivity index (χ1n) is 6.12. The topological polar surface area (TPSA) is 64.6 Å². The van der Waals surface area contributed by atoms with Crippen molar-refractivity contribution >= 4 is 11.9 Å². The fourth-order valence-electron chi connectivity index (χ4n) is 2.23. The molecule has 1 saturated carbocycles. The number of ether oxygens (including phenoxy) is 2. The molecule has 98 valence electrons. The molecule has 0 aromatic heterocycles. The molecule has 0 spiro atoms. The van der Waals surface area contributed by atoms with Gasteiger partial charge in [0.1, 0.15) is 12.1 Å². The second-order valence-electron chi connectivity index (χ2n) is 4.32. The summed E-state index contributed by atoms with van der Waals surface area (Å²) in [6.45, 7) is 2.30. The average molecular weight is 243 g/mol. The molecule has 0 bridgehead atoms. The molecule has 17 heavy (non-hydrogen) atoms. The Morgan fingerprint density at radius 1 is 1.24 bits per heavy atom. The SMILES string of the molecule is CCOCC(=O)NC1(C(=O)OC)CCCCC1. The Labute approximate surface area is 102 Å². The van der Waals surface area contributed by atoms with E-state index >= 15 is 0 Å². The molecule has 5 heteroatoms. The Morgan fingerprint density at radius 3 is 2.41 bits per heavy atom. The van der Waals surface area contributed by atoms with Crippen LogP contribution in [0.25, 0.3) is 0 Å². The van der Waals surface area contributed by atoms with Gasteiger partial charge in [-0.05, 0) is 19.8 Å². The highest BCUT2D eigenvalue weighted by Gasteiger charge is 2.41. The van der Waals surface area contributed by atoms with Crippen LogP contribution in [-0.4, -0.2) is 37.7 Å². The molecule has 0 unspecified atom stereocenters. The van der Waals surface area contributed by atoms with Crippen molar-refractivity contribution in [2.45, 2.75) is 44.6 Å². The van der Waals surface area contributed by atoms with Gasteiger partial charge in [0.2, 0.25) is 5.91 Å². The van der Waals surface area contributed by atoms with Crippen LogP contribution in [0.4, 0.5) is 0 Å². The number of amides is 1. The highest BCUT2D eigenvalue weighted by atomic mass is 16.5. The predicted molar refractivity (Wildman–Crippen MR) is 62.5 cm³/mol. The number of nitrogens with one attached hydrogen (secondary N) is 1. The number of carbonyl (C=O) groups excluding carboxylic acids is 2. The van der Waals surface area contributed by atoms with Gasteiger partial charge in [0.05, 0.1) is 7.11 Å². The molecule has 5 nitrogen and oxygen atoms in total. The molecule has 0 radical (unpaired) electrons. The zero-order chi connectivity index (χ0) is 12.7. The summed E-state index contributed by atoms with van der Waals surface area (Å²) in [5.74, 6) is -0.596. The van der Waals surface area contributed by atoms with Crippen molar-refractivity contribution < 1.29 is 19.1 Å². The number of hydrogen-bond acceptors (Lipinski definition) is 4. The molecule has 0 aromatic carbocycles. The number of carbonyl (C=O) groups is 2.